The maximum absolute atomic E-state index is 12.7. The summed E-state index contributed by atoms with van der Waals surface area (Å²) >= 11 is 12.4. The molecular formula is C27H25Cl2N5O. The van der Waals surface area contributed by atoms with Crippen molar-refractivity contribution in [1.82, 2.24) is 14.7 Å². The van der Waals surface area contributed by atoms with E-state index in [2.05, 4.69) is 46.6 Å². The van der Waals surface area contributed by atoms with Crippen LogP contribution in [0.3, 0.4) is 0 Å². The van der Waals surface area contributed by atoms with Gasteiger partial charge in [-0.05, 0) is 35.9 Å². The number of anilines is 2. The van der Waals surface area contributed by atoms with Crippen molar-refractivity contribution in [1.29, 1.82) is 0 Å². The molecule has 0 atom stereocenters. The highest BCUT2D eigenvalue weighted by Crippen LogP contribution is 2.30. The molecule has 178 valence electrons. The van der Waals surface area contributed by atoms with Gasteiger partial charge in [-0.2, -0.15) is 5.10 Å². The molecule has 0 spiro atoms. The summed E-state index contributed by atoms with van der Waals surface area (Å²) in [4.78, 5) is 16.8. The number of hydrogen-bond acceptors (Lipinski definition) is 3. The van der Waals surface area contributed by atoms with Crippen molar-refractivity contribution in [3.8, 4) is 11.3 Å². The van der Waals surface area contributed by atoms with E-state index in [-0.39, 0.29) is 6.03 Å². The van der Waals surface area contributed by atoms with Gasteiger partial charge in [-0.3, -0.25) is 4.68 Å². The van der Waals surface area contributed by atoms with Crippen LogP contribution in [0.5, 0.6) is 0 Å². The fourth-order valence-corrected chi connectivity index (χ4v) is 4.68. The number of nitrogens with one attached hydrogen (secondary N) is 1. The first-order valence-electron chi connectivity index (χ1n) is 11.5. The van der Waals surface area contributed by atoms with E-state index >= 15 is 0 Å². The predicted octanol–water partition coefficient (Wildman–Crippen LogP) is 6.26. The van der Waals surface area contributed by atoms with Crippen molar-refractivity contribution < 1.29 is 4.79 Å². The Morgan fingerprint density at radius 1 is 0.829 bits per heavy atom. The Bertz CT molecular complexity index is 1280. The normalized spacial score (nSPS) is 13.7. The van der Waals surface area contributed by atoms with Crippen LogP contribution < -0.4 is 10.2 Å². The van der Waals surface area contributed by atoms with Crippen LogP contribution in [0.1, 0.15) is 5.56 Å². The molecule has 2 amide bonds. The second-order valence-corrected chi connectivity index (χ2v) is 9.25. The number of amides is 2. The zero-order valence-corrected chi connectivity index (χ0v) is 20.6. The Kier molecular flexibility index (Phi) is 6.93. The number of halogens is 2. The van der Waals surface area contributed by atoms with Crippen LogP contribution in [0.4, 0.5) is 16.2 Å². The molecule has 0 saturated carbocycles. The molecule has 0 bridgehead atoms. The van der Waals surface area contributed by atoms with Gasteiger partial charge in [0, 0.05) is 43.6 Å². The number of aromatic nitrogens is 2. The molecular weight excluding hydrogens is 481 g/mol. The molecule has 8 heteroatoms. The third kappa shape index (κ3) is 5.45. The van der Waals surface area contributed by atoms with Gasteiger partial charge in [-0.1, -0.05) is 71.7 Å². The van der Waals surface area contributed by atoms with E-state index in [9.17, 15) is 4.79 Å². The minimum Gasteiger partial charge on any atom is -0.368 e. The van der Waals surface area contributed by atoms with Crippen LogP contribution in [-0.2, 0) is 6.54 Å². The van der Waals surface area contributed by atoms with E-state index < -0.39 is 0 Å². The number of carbonyl (C=O) groups excluding carboxylic acids is 1. The Morgan fingerprint density at radius 3 is 2.20 bits per heavy atom. The van der Waals surface area contributed by atoms with E-state index in [1.807, 2.05) is 35.1 Å². The summed E-state index contributed by atoms with van der Waals surface area (Å²) in [5.41, 5.74) is 4.83. The smallest absolute Gasteiger partial charge is 0.322 e. The molecule has 6 nitrogen and oxygen atoms in total. The first-order valence-corrected chi connectivity index (χ1v) is 12.2. The molecule has 3 aromatic carbocycles. The maximum Gasteiger partial charge on any atom is 0.322 e. The van der Waals surface area contributed by atoms with Crippen molar-refractivity contribution in [2.75, 3.05) is 36.4 Å². The fourth-order valence-electron chi connectivity index (χ4n) is 4.19. The van der Waals surface area contributed by atoms with Crippen LogP contribution in [-0.4, -0.2) is 46.9 Å². The Morgan fingerprint density at radius 2 is 1.51 bits per heavy atom. The van der Waals surface area contributed by atoms with Crippen LogP contribution >= 0.6 is 23.2 Å². The van der Waals surface area contributed by atoms with Crippen molar-refractivity contribution >= 4 is 40.6 Å². The van der Waals surface area contributed by atoms with Crippen molar-refractivity contribution in [3.63, 3.8) is 0 Å². The Balaban J connectivity index is 1.17. The SMILES string of the molecule is O=C(Nc1c(Cl)cccc1Cl)N1CCN(c2ccc(-c3ccn(Cc4ccccc4)n3)cc2)CC1. The summed E-state index contributed by atoms with van der Waals surface area (Å²) in [6, 6.07) is 25.8. The Hall–Kier alpha value is -3.48. The largest absolute Gasteiger partial charge is 0.368 e. The molecule has 1 aliphatic rings. The zero-order valence-electron chi connectivity index (χ0n) is 19.1. The van der Waals surface area contributed by atoms with Gasteiger partial charge in [0.25, 0.3) is 0 Å². The minimum absolute atomic E-state index is 0.193. The molecule has 4 aromatic rings. The summed E-state index contributed by atoms with van der Waals surface area (Å²) in [5.74, 6) is 0. The third-order valence-corrected chi connectivity index (χ3v) is 6.75. The maximum atomic E-state index is 12.7. The van der Waals surface area contributed by atoms with Gasteiger partial charge in [0.15, 0.2) is 0 Å². The number of carbonyl (C=O) groups is 1. The second-order valence-electron chi connectivity index (χ2n) is 8.43. The fraction of sp³-hybridized carbons (Fsp3) is 0.185. The van der Waals surface area contributed by atoms with Crippen LogP contribution in [0.25, 0.3) is 11.3 Å². The lowest BCUT2D eigenvalue weighted by Gasteiger charge is -2.36. The summed E-state index contributed by atoms with van der Waals surface area (Å²) in [6.45, 7) is 3.46. The molecule has 0 aliphatic carbocycles. The quantitative estimate of drug-likeness (QED) is 0.348. The van der Waals surface area contributed by atoms with Crippen LogP contribution in [0.15, 0.2) is 85.1 Å². The second kappa shape index (κ2) is 10.4. The summed E-state index contributed by atoms with van der Waals surface area (Å²) in [7, 11) is 0. The number of rotatable bonds is 5. The number of nitrogens with zero attached hydrogens (tertiary/aromatic N) is 4. The number of hydrogen-bond donors (Lipinski definition) is 1. The molecule has 0 radical (unpaired) electrons. The number of piperazine rings is 1. The predicted molar refractivity (Wildman–Crippen MR) is 142 cm³/mol. The van der Waals surface area contributed by atoms with Crippen molar-refractivity contribution in [3.05, 3.63) is 101 Å². The van der Waals surface area contributed by atoms with Gasteiger partial charge >= 0.3 is 6.03 Å². The van der Waals surface area contributed by atoms with Gasteiger partial charge in [-0.15, -0.1) is 0 Å². The first-order chi connectivity index (χ1) is 17.1. The van der Waals surface area contributed by atoms with E-state index in [1.54, 1.807) is 23.1 Å². The highest BCUT2D eigenvalue weighted by atomic mass is 35.5. The topological polar surface area (TPSA) is 53.4 Å². The molecule has 1 aliphatic heterocycles. The van der Waals surface area contributed by atoms with Crippen molar-refractivity contribution in [2.24, 2.45) is 0 Å². The number of urea groups is 1. The van der Waals surface area contributed by atoms with E-state index in [0.29, 0.717) is 28.8 Å². The van der Waals surface area contributed by atoms with Gasteiger partial charge in [0.05, 0.1) is 28.0 Å². The Labute approximate surface area is 214 Å². The lowest BCUT2D eigenvalue weighted by molar-refractivity contribution is 0.208. The molecule has 2 heterocycles. The monoisotopic (exact) mass is 505 g/mol. The van der Waals surface area contributed by atoms with Gasteiger partial charge < -0.3 is 15.1 Å². The van der Waals surface area contributed by atoms with E-state index in [1.165, 1.54) is 5.56 Å². The molecule has 1 aromatic heterocycles. The van der Waals surface area contributed by atoms with E-state index in [4.69, 9.17) is 28.3 Å². The number of para-hydroxylation sites is 1. The average Bonchev–Trinajstić information content (AvgIpc) is 3.35. The highest BCUT2D eigenvalue weighted by Gasteiger charge is 2.22. The highest BCUT2D eigenvalue weighted by molar-refractivity contribution is 6.39. The summed E-state index contributed by atoms with van der Waals surface area (Å²) in [5, 5.41) is 8.42. The zero-order chi connectivity index (χ0) is 24.2. The van der Waals surface area contributed by atoms with Crippen molar-refractivity contribution in [2.45, 2.75) is 6.54 Å². The lowest BCUT2D eigenvalue weighted by atomic mass is 10.1. The first kappa shape index (κ1) is 23.3. The molecule has 1 N–H and O–H groups in total. The van der Waals surface area contributed by atoms with Crippen LogP contribution in [0.2, 0.25) is 10.0 Å². The van der Waals surface area contributed by atoms with Gasteiger partial charge in [-0.25, -0.2) is 4.79 Å². The minimum atomic E-state index is -0.193. The van der Waals surface area contributed by atoms with Gasteiger partial charge in [0.2, 0.25) is 0 Å². The molecule has 1 saturated heterocycles. The standard InChI is InChI=1S/C27H25Cl2N5O/c28-23-7-4-8-24(29)26(23)30-27(35)33-17-15-32(16-18-33)22-11-9-21(10-12-22)25-13-14-34(31-25)19-20-5-2-1-3-6-20/h1-14H,15-19H2,(H,30,35). The van der Waals surface area contributed by atoms with Gasteiger partial charge in [0.1, 0.15) is 0 Å². The molecule has 35 heavy (non-hydrogen) atoms. The van der Waals surface area contributed by atoms with E-state index in [0.717, 1.165) is 36.6 Å². The molecule has 0 unspecified atom stereocenters. The summed E-state index contributed by atoms with van der Waals surface area (Å²) in [6.07, 6.45) is 2.01. The third-order valence-electron chi connectivity index (χ3n) is 6.12. The van der Waals surface area contributed by atoms with Crippen LogP contribution in [0, 0.1) is 0 Å². The number of benzene rings is 3. The lowest BCUT2D eigenvalue weighted by Crippen LogP contribution is -2.50. The molecule has 1 fully saturated rings. The average molecular weight is 506 g/mol. The summed E-state index contributed by atoms with van der Waals surface area (Å²) < 4.78 is 1.96. The molecule has 5 rings (SSSR count).